The van der Waals surface area contributed by atoms with E-state index in [1.807, 2.05) is 19.9 Å². The highest BCUT2D eigenvalue weighted by atomic mass is 32.2. The Kier molecular flexibility index (Phi) is 5.88. The molecule has 8 heteroatoms. The molecule has 7 nitrogen and oxygen atoms in total. The Balaban J connectivity index is 1.86. The zero-order chi connectivity index (χ0) is 22.9. The highest BCUT2D eigenvalue weighted by molar-refractivity contribution is 7.92. The molecule has 0 N–H and O–H groups in total. The topological polar surface area (TPSA) is 85.8 Å². The number of anilines is 1. The molecule has 0 saturated heterocycles. The lowest BCUT2D eigenvalue weighted by atomic mass is 9.97. The Bertz CT molecular complexity index is 1240. The molecule has 0 spiro atoms. The summed E-state index contributed by atoms with van der Waals surface area (Å²) in [4.78, 5) is 16.8. The third-order valence-corrected chi connectivity index (χ3v) is 7.12. The van der Waals surface area contributed by atoms with Crippen molar-refractivity contribution in [2.24, 2.45) is 0 Å². The summed E-state index contributed by atoms with van der Waals surface area (Å²) >= 11 is 0. The molecule has 0 aliphatic carbocycles. The largest absolute Gasteiger partial charge is 0.475 e. The summed E-state index contributed by atoms with van der Waals surface area (Å²) in [5.74, 6) is -0.293. The van der Waals surface area contributed by atoms with Crippen molar-refractivity contribution in [2.45, 2.75) is 31.8 Å². The number of sulfonamides is 1. The zero-order valence-electron chi connectivity index (χ0n) is 18.1. The number of rotatable bonds is 5. The average Bonchev–Trinajstić information content (AvgIpc) is 2.79. The first-order valence-electron chi connectivity index (χ1n) is 10.3. The number of pyridine rings is 1. The Morgan fingerprint density at radius 3 is 2.47 bits per heavy atom. The Morgan fingerprint density at radius 2 is 1.81 bits per heavy atom. The predicted molar refractivity (Wildman–Crippen MR) is 121 cm³/mol. The number of fused-ring (bicyclic) bond motifs is 1. The van der Waals surface area contributed by atoms with Gasteiger partial charge in [-0.1, -0.05) is 24.3 Å². The van der Waals surface area contributed by atoms with Crippen LogP contribution in [-0.2, 0) is 19.6 Å². The van der Waals surface area contributed by atoms with Crippen LogP contribution in [-0.4, -0.2) is 38.6 Å². The standard InChI is InChI=1S/C24H24N2O5S/c1-4-30-24(27)22-15-26(32(28,29)19-8-6-5-7-9-19)20-12-18(10-11-21(20)31-22)23-16(2)13-25-14-17(23)3/h5-14,22H,4,15H2,1-3H3. The van der Waals surface area contributed by atoms with E-state index < -0.39 is 22.1 Å². The summed E-state index contributed by atoms with van der Waals surface area (Å²) in [6.45, 7) is 5.61. The number of aryl methyl sites for hydroxylation is 2. The number of carbonyl (C=O) groups is 1. The first kappa shape index (κ1) is 21.8. The van der Waals surface area contributed by atoms with Gasteiger partial charge >= 0.3 is 5.97 Å². The van der Waals surface area contributed by atoms with Crippen LogP contribution in [0.15, 0.2) is 65.8 Å². The van der Waals surface area contributed by atoms with Crippen molar-refractivity contribution in [3.63, 3.8) is 0 Å². The molecule has 4 rings (SSSR count). The zero-order valence-corrected chi connectivity index (χ0v) is 18.9. The van der Waals surface area contributed by atoms with E-state index in [-0.39, 0.29) is 18.0 Å². The number of nitrogens with zero attached hydrogens (tertiary/aromatic N) is 2. The second-order valence-electron chi connectivity index (χ2n) is 7.54. The first-order chi connectivity index (χ1) is 15.3. The molecule has 2 heterocycles. The molecule has 1 atom stereocenters. The van der Waals surface area contributed by atoms with Gasteiger partial charge < -0.3 is 9.47 Å². The molecular formula is C24H24N2O5S. The maximum atomic E-state index is 13.6. The van der Waals surface area contributed by atoms with E-state index in [1.165, 1.54) is 16.4 Å². The second-order valence-corrected chi connectivity index (χ2v) is 9.40. The van der Waals surface area contributed by atoms with Gasteiger partial charge in [0.2, 0.25) is 6.10 Å². The van der Waals surface area contributed by atoms with E-state index in [9.17, 15) is 13.2 Å². The summed E-state index contributed by atoms with van der Waals surface area (Å²) < 4.78 is 39.3. The molecule has 2 aromatic carbocycles. The average molecular weight is 453 g/mol. The number of esters is 1. The number of carbonyl (C=O) groups excluding carboxylic acids is 1. The van der Waals surface area contributed by atoms with Crippen LogP contribution in [0.25, 0.3) is 11.1 Å². The van der Waals surface area contributed by atoms with Gasteiger partial charge in [0.05, 0.1) is 23.7 Å². The van der Waals surface area contributed by atoms with Gasteiger partial charge in [0.15, 0.2) is 0 Å². The summed E-state index contributed by atoms with van der Waals surface area (Å²) in [6.07, 6.45) is 2.48. The summed E-state index contributed by atoms with van der Waals surface area (Å²) in [6, 6.07) is 13.5. The highest BCUT2D eigenvalue weighted by Gasteiger charge is 2.38. The summed E-state index contributed by atoms with van der Waals surface area (Å²) in [5, 5.41) is 0. The van der Waals surface area contributed by atoms with Crippen molar-refractivity contribution < 1.29 is 22.7 Å². The van der Waals surface area contributed by atoms with Crippen LogP contribution in [0.5, 0.6) is 5.75 Å². The smallest absolute Gasteiger partial charge is 0.349 e. The lowest BCUT2D eigenvalue weighted by molar-refractivity contribution is -0.151. The predicted octanol–water partition coefficient (Wildman–Crippen LogP) is 3.88. The molecule has 1 unspecified atom stereocenters. The van der Waals surface area contributed by atoms with Crippen LogP contribution in [0, 0.1) is 13.8 Å². The van der Waals surface area contributed by atoms with Gasteiger partial charge in [-0.05, 0) is 67.3 Å². The Morgan fingerprint density at radius 1 is 1.12 bits per heavy atom. The quantitative estimate of drug-likeness (QED) is 0.546. The molecule has 3 aromatic rings. The van der Waals surface area contributed by atoms with Crippen LogP contribution in [0.2, 0.25) is 0 Å². The fourth-order valence-corrected chi connectivity index (χ4v) is 5.36. The monoisotopic (exact) mass is 452 g/mol. The van der Waals surface area contributed by atoms with Crippen LogP contribution < -0.4 is 9.04 Å². The van der Waals surface area contributed by atoms with E-state index in [4.69, 9.17) is 9.47 Å². The van der Waals surface area contributed by atoms with E-state index in [0.717, 1.165) is 22.3 Å². The molecule has 0 bridgehead atoms. The molecule has 0 radical (unpaired) electrons. The summed E-state index contributed by atoms with van der Waals surface area (Å²) in [5.41, 5.74) is 4.15. The molecule has 0 amide bonds. The minimum Gasteiger partial charge on any atom is -0.475 e. The molecule has 1 aliphatic heterocycles. The fourth-order valence-electron chi connectivity index (χ4n) is 3.87. The minimum atomic E-state index is -3.94. The molecule has 1 aromatic heterocycles. The van der Waals surface area contributed by atoms with Crippen LogP contribution in [0.1, 0.15) is 18.1 Å². The van der Waals surface area contributed by atoms with Crippen molar-refractivity contribution >= 4 is 21.7 Å². The third kappa shape index (κ3) is 3.93. The van der Waals surface area contributed by atoms with Gasteiger partial charge in [0.25, 0.3) is 10.0 Å². The Hall–Kier alpha value is -3.39. The van der Waals surface area contributed by atoms with E-state index in [0.29, 0.717) is 11.4 Å². The van der Waals surface area contributed by atoms with Gasteiger partial charge in [-0.2, -0.15) is 0 Å². The van der Waals surface area contributed by atoms with Crippen molar-refractivity contribution in [1.82, 2.24) is 4.98 Å². The van der Waals surface area contributed by atoms with Gasteiger partial charge in [0, 0.05) is 12.4 Å². The van der Waals surface area contributed by atoms with Crippen LogP contribution in [0.3, 0.4) is 0 Å². The van der Waals surface area contributed by atoms with Gasteiger partial charge in [0.1, 0.15) is 5.75 Å². The second kappa shape index (κ2) is 8.63. The molecule has 32 heavy (non-hydrogen) atoms. The number of benzene rings is 2. The molecule has 0 saturated carbocycles. The van der Waals surface area contributed by atoms with Gasteiger partial charge in [-0.3, -0.25) is 9.29 Å². The number of hydrogen-bond donors (Lipinski definition) is 0. The summed E-state index contributed by atoms with van der Waals surface area (Å²) in [7, 11) is -3.94. The van der Waals surface area contributed by atoms with E-state index >= 15 is 0 Å². The van der Waals surface area contributed by atoms with Gasteiger partial charge in [-0.15, -0.1) is 0 Å². The maximum Gasteiger partial charge on any atom is 0.349 e. The van der Waals surface area contributed by atoms with E-state index in [2.05, 4.69) is 4.98 Å². The van der Waals surface area contributed by atoms with E-state index in [1.54, 1.807) is 49.6 Å². The number of ether oxygens (including phenoxy) is 2. The van der Waals surface area contributed by atoms with Crippen LogP contribution in [0.4, 0.5) is 5.69 Å². The molecule has 1 aliphatic rings. The van der Waals surface area contributed by atoms with Crippen molar-refractivity contribution in [3.05, 3.63) is 72.1 Å². The number of aromatic nitrogens is 1. The van der Waals surface area contributed by atoms with Crippen molar-refractivity contribution in [1.29, 1.82) is 0 Å². The Labute approximate surface area is 187 Å². The SMILES string of the molecule is CCOC(=O)C1CN(S(=O)(=O)c2ccccc2)c2cc(-c3c(C)cncc3C)ccc2O1. The van der Waals surface area contributed by atoms with Crippen molar-refractivity contribution in [2.75, 3.05) is 17.5 Å². The normalized spacial score (nSPS) is 15.6. The maximum absolute atomic E-state index is 13.6. The van der Waals surface area contributed by atoms with Crippen LogP contribution >= 0.6 is 0 Å². The fraction of sp³-hybridized carbons (Fsp3) is 0.250. The lowest BCUT2D eigenvalue weighted by Crippen LogP contribution is -2.47. The lowest BCUT2D eigenvalue weighted by Gasteiger charge is -2.34. The first-order valence-corrected chi connectivity index (χ1v) is 11.7. The number of hydrogen-bond acceptors (Lipinski definition) is 6. The molecular weight excluding hydrogens is 428 g/mol. The highest BCUT2D eigenvalue weighted by Crippen LogP contribution is 2.41. The minimum absolute atomic E-state index is 0.136. The molecule has 166 valence electrons. The van der Waals surface area contributed by atoms with Gasteiger partial charge in [-0.25, -0.2) is 13.2 Å². The van der Waals surface area contributed by atoms with Crippen molar-refractivity contribution in [3.8, 4) is 16.9 Å². The molecule has 0 fully saturated rings. The third-order valence-electron chi connectivity index (χ3n) is 5.32.